The molecular weight excluding hydrogens is 228 g/mol. The van der Waals surface area contributed by atoms with Crippen molar-refractivity contribution in [3.8, 4) is 6.07 Å². The Hall–Kier alpha value is -2.06. The van der Waals surface area contributed by atoms with Gasteiger partial charge in [0.15, 0.2) is 0 Å². The number of nitrogens with zero attached hydrogens (tertiary/aromatic N) is 3. The van der Waals surface area contributed by atoms with Crippen LogP contribution in [0, 0.1) is 11.3 Å². The van der Waals surface area contributed by atoms with E-state index < -0.39 is 0 Å². The monoisotopic (exact) mass is 242 g/mol. The van der Waals surface area contributed by atoms with Crippen LogP contribution in [0.2, 0.25) is 0 Å². The van der Waals surface area contributed by atoms with Crippen LogP contribution in [0.25, 0.3) is 0 Å². The van der Waals surface area contributed by atoms with E-state index in [1.54, 1.807) is 12.1 Å². The second kappa shape index (κ2) is 4.00. The van der Waals surface area contributed by atoms with Crippen molar-refractivity contribution in [3.05, 3.63) is 23.8 Å². The number of fused-ring (bicyclic) bond motifs is 1. The molecule has 0 aromatic heterocycles. The number of nitriles is 1. The summed E-state index contributed by atoms with van der Waals surface area (Å²) in [5.41, 5.74) is 2.47. The predicted molar refractivity (Wildman–Crippen MR) is 68.6 cm³/mol. The normalized spacial score (nSPS) is 19.2. The summed E-state index contributed by atoms with van der Waals surface area (Å²) in [7, 11) is 1.90. The molecule has 1 fully saturated rings. The third-order valence-electron chi connectivity index (χ3n) is 3.54. The molecule has 18 heavy (non-hydrogen) atoms. The highest BCUT2D eigenvalue weighted by atomic mass is 16.2. The molecule has 5 nitrogen and oxygen atoms in total. The standard InChI is InChI=1S/C13H14N4O/c1-16-8-13(18)17(10-6-15-7-10)12-4-9(5-14)2-3-11(12)16/h2-4,10,15H,6-8H2,1H3. The van der Waals surface area contributed by atoms with E-state index in [-0.39, 0.29) is 11.9 Å². The van der Waals surface area contributed by atoms with E-state index in [9.17, 15) is 4.79 Å². The van der Waals surface area contributed by atoms with Gasteiger partial charge in [0, 0.05) is 20.1 Å². The van der Waals surface area contributed by atoms with Crippen molar-refractivity contribution < 1.29 is 4.79 Å². The largest absolute Gasteiger partial charge is 0.364 e. The van der Waals surface area contributed by atoms with Crippen LogP contribution < -0.4 is 15.1 Å². The van der Waals surface area contributed by atoms with Crippen molar-refractivity contribution in [1.29, 1.82) is 5.26 Å². The highest BCUT2D eigenvalue weighted by Crippen LogP contribution is 2.35. The van der Waals surface area contributed by atoms with Crippen LogP contribution in [0.1, 0.15) is 5.56 Å². The van der Waals surface area contributed by atoms with Gasteiger partial charge in [-0.25, -0.2) is 0 Å². The topological polar surface area (TPSA) is 59.4 Å². The molecule has 1 aromatic rings. The lowest BCUT2D eigenvalue weighted by molar-refractivity contribution is -0.118. The van der Waals surface area contributed by atoms with E-state index >= 15 is 0 Å². The molecule has 0 unspecified atom stereocenters. The summed E-state index contributed by atoms with van der Waals surface area (Å²) in [6.45, 7) is 2.05. The Labute approximate surface area is 106 Å². The maximum Gasteiger partial charge on any atom is 0.246 e. The van der Waals surface area contributed by atoms with Gasteiger partial charge in [-0.05, 0) is 18.2 Å². The Morgan fingerprint density at radius 3 is 2.78 bits per heavy atom. The zero-order valence-electron chi connectivity index (χ0n) is 10.2. The smallest absolute Gasteiger partial charge is 0.246 e. The molecule has 1 N–H and O–H groups in total. The fraction of sp³-hybridized carbons (Fsp3) is 0.385. The van der Waals surface area contributed by atoms with Crippen LogP contribution in [-0.4, -0.2) is 38.6 Å². The molecule has 0 bridgehead atoms. The van der Waals surface area contributed by atoms with Gasteiger partial charge in [0.1, 0.15) is 0 Å². The first-order chi connectivity index (χ1) is 8.70. The Morgan fingerprint density at radius 2 is 2.17 bits per heavy atom. The quantitative estimate of drug-likeness (QED) is 0.770. The molecule has 1 aromatic carbocycles. The summed E-state index contributed by atoms with van der Waals surface area (Å²) in [5, 5.41) is 12.2. The van der Waals surface area contributed by atoms with Gasteiger partial charge >= 0.3 is 0 Å². The molecule has 2 aliphatic heterocycles. The van der Waals surface area contributed by atoms with Gasteiger partial charge < -0.3 is 15.1 Å². The van der Waals surface area contributed by atoms with Gasteiger partial charge in [-0.3, -0.25) is 4.79 Å². The molecular formula is C13H14N4O. The van der Waals surface area contributed by atoms with Gasteiger partial charge in [0.2, 0.25) is 5.91 Å². The van der Waals surface area contributed by atoms with E-state index in [1.165, 1.54) is 0 Å². The lowest BCUT2D eigenvalue weighted by Crippen LogP contribution is -2.62. The summed E-state index contributed by atoms with van der Waals surface area (Å²) in [5.74, 6) is 0.103. The van der Waals surface area contributed by atoms with Crippen molar-refractivity contribution in [2.45, 2.75) is 6.04 Å². The second-order valence-electron chi connectivity index (χ2n) is 4.75. The lowest BCUT2D eigenvalue weighted by Gasteiger charge is -2.43. The SMILES string of the molecule is CN1CC(=O)N(C2CNC2)c2cc(C#N)ccc21. The average Bonchev–Trinajstić information content (AvgIpc) is 2.31. The van der Waals surface area contributed by atoms with Gasteiger partial charge in [0.25, 0.3) is 0 Å². The number of hydrogen-bond donors (Lipinski definition) is 1. The zero-order chi connectivity index (χ0) is 12.7. The molecule has 3 rings (SSSR count). The molecule has 5 heteroatoms. The first-order valence-corrected chi connectivity index (χ1v) is 5.99. The van der Waals surface area contributed by atoms with Gasteiger partial charge in [-0.15, -0.1) is 0 Å². The molecule has 2 heterocycles. The van der Waals surface area contributed by atoms with Crippen LogP contribution in [-0.2, 0) is 4.79 Å². The minimum absolute atomic E-state index is 0.103. The van der Waals surface area contributed by atoms with Gasteiger partial charge in [-0.1, -0.05) is 0 Å². The van der Waals surface area contributed by atoms with Crippen molar-refractivity contribution in [2.75, 3.05) is 36.5 Å². The first-order valence-electron chi connectivity index (χ1n) is 5.99. The molecule has 0 aliphatic carbocycles. The molecule has 0 atom stereocenters. The third-order valence-corrected chi connectivity index (χ3v) is 3.54. The number of anilines is 2. The Bertz CT molecular complexity index is 544. The molecule has 92 valence electrons. The van der Waals surface area contributed by atoms with Crippen LogP contribution >= 0.6 is 0 Å². The van der Waals surface area contributed by atoms with Crippen molar-refractivity contribution in [3.63, 3.8) is 0 Å². The zero-order valence-corrected chi connectivity index (χ0v) is 10.2. The molecule has 1 amide bonds. The minimum atomic E-state index is 0.103. The van der Waals surface area contributed by atoms with E-state index in [4.69, 9.17) is 5.26 Å². The number of hydrogen-bond acceptors (Lipinski definition) is 4. The lowest BCUT2D eigenvalue weighted by atomic mass is 10.0. The van der Waals surface area contributed by atoms with Crippen LogP contribution in [0.4, 0.5) is 11.4 Å². The van der Waals surface area contributed by atoms with Crippen LogP contribution in [0.5, 0.6) is 0 Å². The maximum atomic E-state index is 12.2. The predicted octanol–water partition coefficient (Wildman–Crippen LogP) is 0.313. The van der Waals surface area contributed by atoms with Gasteiger partial charge in [0.05, 0.1) is 35.6 Å². The number of carbonyl (C=O) groups excluding carboxylic acids is 1. The third kappa shape index (κ3) is 1.54. The number of amides is 1. The summed E-state index contributed by atoms with van der Waals surface area (Å²) in [6, 6.07) is 7.87. The molecule has 0 radical (unpaired) electrons. The fourth-order valence-corrected chi connectivity index (χ4v) is 2.46. The van der Waals surface area contributed by atoms with E-state index in [2.05, 4.69) is 11.4 Å². The Kier molecular flexibility index (Phi) is 2.46. The van der Waals surface area contributed by atoms with Crippen LogP contribution in [0.3, 0.4) is 0 Å². The second-order valence-corrected chi connectivity index (χ2v) is 4.75. The molecule has 2 aliphatic rings. The maximum absolute atomic E-state index is 12.2. The average molecular weight is 242 g/mol. The number of rotatable bonds is 1. The summed E-state index contributed by atoms with van der Waals surface area (Å²) < 4.78 is 0. The van der Waals surface area contributed by atoms with Crippen molar-refractivity contribution in [1.82, 2.24) is 5.32 Å². The molecule has 0 saturated carbocycles. The van der Waals surface area contributed by atoms with Crippen molar-refractivity contribution >= 4 is 17.3 Å². The fourth-order valence-electron chi connectivity index (χ4n) is 2.46. The van der Waals surface area contributed by atoms with Gasteiger partial charge in [-0.2, -0.15) is 5.26 Å². The number of likely N-dealkylation sites (N-methyl/N-ethyl adjacent to an activating group) is 1. The molecule has 1 saturated heterocycles. The van der Waals surface area contributed by atoms with E-state index in [1.807, 2.05) is 22.9 Å². The van der Waals surface area contributed by atoms with Crippen molar-refractivity contribution in [2.24, 2.45) is 0 Å². The minimum Gasteiger partial charge on any atom is -0.364 e. The van der Waals surface area contributed by atoms with E-state index in [0.29, 0.717) is 12.1 Å². The van der Waals surface area contributed by atoms with Crippen LogP contribution in [0.15, 0.2) is 18.2 Å². The Balaban J connectivity index is 2.09. The summed E-state index contributed by atoms with van der Waals surface area (Å²) in [4.78, 5) is 15.9. The number of nitrogens with one attached hydrogen (secondary N) is 1. The summed E-state index contributed by atoms with van der Waals surface area (Å²) >= 11 is 0. The highest BCUT2D eigenvalue weighted by Gasteiger charge is 2.35. The summed E-state index contributed by atoms with van der Waals surface area (Å²) in [6.07, 6.45) is 0. The Morgan fingerprint density at radius 1 is 1.39 bits per heavy atom. The molecule has 0 spiro atoms. The van der Waals surface area contributed by atoms with E-state index in [0.717, 1.165) is 24.5 Å². The number of carbonyl (C=O) groups is 1. The number of benzene rings is 1. The first kappa shape index (κ1) is 11.1. The highest BCUT2D eigenvalue weighted by molar-refractivity contribution is 6.04.